The van der Waals surface area contributed by atoms with E-state index in [9.17, 15) is 18.0 Å². The first-order valence-electron chi connectivity index (χ1n) is 9.39. The third kappa shape index (κ3) is 7.77. The van der Waals surface area contributed by atoms with Gasteiger partial charge in [-0.2, -0.15) is 13.2 Å². The molecule has 1 heterocycles. The van der Waals surface area contributed by atoms with E-state index in [0.717, 1.165) is 17.7 Å². The molecule has 0 radical (unpaired) electrons. The van der Waals surface area contributed by atoms with Gasteiger partial charge in [-0.15, -0.1) is 12.4 Å². The van der Waals surface area contributed by atoms with Gasteiger partial charge >= 0.3 is 12.1 Å². The lowest BCUT2D eigenvalue weighted by Gasteiger charge is -2.31. The smallest absolute Gasteiger partial charge is 0.416 e. The minimum atomic E-state index is -4.37. The number of carbonyl (C=O) groups is 1. The average Bonchev–Trinajstić information content (AvgIpc) is 2.64. The average molecular weight is 440 g/mol. The lowest BCUT2D eigenvalue weighted by Crippen LogP contribution is -2.42. The number of hydrogen-bond donors (Lipinski definition) is 1. The van der Waals surface area contributed by atoms with Gasteiger partial charge in [0.15, 0.2) is 0 Å². The molecule has 0 unspecified atom stereocenters. The van der Waals surface area contributed by atoms with Gasteiger partial charge in [0.1, 0.15) is 12.1 Å². The Bertz CT molecular complexity index is 640. The highest BCUT2D eigenvalue weighted by Crippen LogP contribution is 2.30. The van der Waals surface area contributed by atoms with Crippen molar-refractivity contribution < 1.29 is 32.2 Å². The third-order valence-corrected chi connectivity index (χ3v) is 4.56. The first kappa shape index (κ1) is 25.7. The minimum Gasteiger partial charge on any atom is -0.459 e. The summed E-state index contributed by atoms with van der Waals surface area (Å²) in [7, 11) is 0. The number of benzene rings is 1. The molecule has 166 valence electrons. The Morgan fingerprint density at radius 2 is 1.83 bits per heavy atom. The van der Waals surface area contributed by atoms with Gasteiger partial charge in [0, 0.05) is 12.5 Å². The molecule has 0 saturated carbocycles. The van der Waals surface area contributed by atoms with Crippen molar-refractivity contribution >= 4 is 18.4 Å². The van der Waals surface area contributed by atoms with Crippen LogP contribution in [0.4, 0.5) is 13.2 Å². The van der Waals surface area contributed by atoms with Gasteiger partial charge < -0.3 is 19.9 Å². The van der Waals surface area contributed by atoms with E-state index in [-0.39, 0.29) is 37.5 Å². The van der Waals surface area contributed by atoms with Gasteiger partial charge in [-0.05, 0) is 37.0 Å². The first-order valence-corrected chi connectivity index (χ1v) is 9.39. The summed E-state index contributed by atoms with van der Waals surface area (Å²) in [4.78, 5) is 12.0. The van der Waals surface area contributed by atoms with E-state index in [1.165, 1.54) is 12.1 Å². The zero-order chi connectivity index (χ0) is 20.9. The lowest BCUT2D eigenvalue weighted by atomic mass is 9.91. The van der Waals surface area contributed by atoms with Crippen LogP contribution < -0.4 is 5.73 Å². The number of ether oxygens (including phenoxy) is 3. The van der Waals surface area contributed by atoms with Gasteiger partial charge in [-0.1, -0.05) is 26.0 Å². The predicted molar refractivity (Wildman–Crippen MR) is 105 cm³/mol. The van der Waals surface area contributed by atoms with Gasteiger partial charge in [0.25, 0.3) is 0 Å². The second kappa shape index (κ2) is 11.2. The summed E-state index contributed by atoms with van der Waals surface area (Å²) in [6.07, 6.45) is -4.96. The lowest BCUT2D eigenvalue weighted by molar-refractivity contribution is -0.160. The molecule has 1 fully saturated rings. The highest BCUT2D eigenvalue weighted by Gasteiger charge is 2.34. The molecule has 29 heavy (non-hydrogen) atoms. The van der Waals surface area contributed by atoms with Gasteiger partial charge in [0.05, 0.1) is 24.9 Å². The fourth-order valence-electron chi connectivity index (χ4n) is 3.11. The molecule has 0 aliphatic carbocycles. The zero-order valence-corrected chi connectivity index (χ0v) is 17.6. The number of halogens is 4. The largest absolute Gasteiger partial charge is 0.459 e. The number of cyclic esters (lactones) is 1. The van der Waals surface area contributed by atoms with Crippen LogP contribution in [0.5, 0.6) is 0 Å². The Morgan fingerprint density at radius 1 is 1.21 bits per heavy atom. The molecular formula is C20H29ClF3NO4. The Labute approximate surface area is 175 Å². The van der Waals surface area contributed by atoms with Crippen molar-refractivity contribution in [3.05, 3.63) is 35.4 Å². The third-order valence-electron chi connectivity index (χ3n) is 4.56. The second-order valence-corrected chi connectivity index (χ2v) is 7.64. The Morgan fingerprint density at radius 3 is 2.38 bits per heavy atom. The molecule has 5 nitrogen and oxygen atoms in total. The number of alkyl halides is 3. The summed E-state index contributed by atoms with van der Waals surface area (Å²) in [5.74, 6) is -0.491. The molecule has 1 aromatic rings. The van der Waals surface area contributed by atoms with Crippen LogP contribution >= 0.6 is 12.4 Å². The Balaban J connectivity index is 0.00000420. The summed E-state index contributed by atoms with van der Waals surface area (Å²) >= 11 is 0. The van der Waals surface area contributed by atoms with E-state index in [2.05, 4.69) is 0 Å². The van der Waals surface area contributed by atoms with Crippen molar-refractivity contribution in [3.8, 4) is 0 Å². The number of nitrogens with two attached hydrogens (primary N) is 1. The summed E-state index contributed by atoms with van der Waals surface area (Å²) in [5.41, 5.74) is 5.79. The van der Waals surface area contributed by atoms with Crippen molar-refractivity contribution in [2.24, 2.45) is 17.6 Å². The van der Waals surface area contributed by atoms with E-state index >= 15 is 0 Å². The van der Waals surface area contributed by atoms with E-state index in [0.29, 0.717) is 13.0 Å². The van der Waals surface area contributed by atoms with Crippen molar-refractivity contribution in [1.82, 2.24) is 0 Å². The van der Waals surface area contributed by atoms with Crippen LogP contribution in [0.25, 0.3) is 0 Å². The fraction of sp³-hybridized carbons (Fsp3) is 0.650. The van der Waals surface area contributed by atoms with E-state index < -0.39 is 36.0 Å². The maximum absolute atomic E-state index is 12.8. The van der Waals surface area contributed by atoms with Crippen molar-refractivity contribution in [3.63, 3.8) is 0 Å². The summed E-state index contributed by atoms with van der Waals surface area (Å²) in [5, 5.41) is 0. The summed E-state index contributed by atoms with van der Waals surface area (Å²) in [6, 6.07) is 4.16. The van der Waals surface area contributed by atoms with Crippen LogP contribution in [0.1, 0.15) is 31.9 Å². The molecule has 9 heteroatoms. The molecule has 0 bridgehead atoms. The van der Waals surface area contributed by atoms with E-state index in [1.54, 1.807) is 6.92 Å². The molecule has 0 aromatic heterocycles. The maximum Gasteiger partial charge on any atom is 0.416 e. The molecule has 1 aromatic carbocycles. The molecule has 1 saturated heterocycles. The molecular weight excluding hydrogens is 411 g/mol. The first-order chi connectivity index (χ1) is 13.1. The number of rotatable bonds is 5. The number of hydrogen-bond acceptors (Lipinski definition) is 5. The highest BCUT2D eigenvalue weighted by atomic mass is 35.5. The standard InChI is InChI=1S/C20H28F3NO4.ClH/c1-12(2)9-27-18-13(3)28-19(25)17(24)11-26-10-15(18)8-14-4-6-16(7-5-14)20(21,22)23;/h4-7,12-13,15,17-18H,8-11,24H2,1-3H3;1H/t13-,15-,17-,18-;/m0./s1. The molecule has 2 N–H and O–H groups in total. The van der Waals surface area contributed by atoms with E-state index in [4.69, 9.17) is 19.9 Å². The fourth-order valence-corrected chi connectivity index (χ4v) is 3.11. The van der Waals surface area contributed by atoms with Crippen molar-refractivity contribution in [2.45, 2.75) is 51.6 Å². The molecule has 2 rings (SSSR count). The highest BCUT2D eigenvalue weighted by molar-refractivity contribution is 5.85. The molecule has 0 amide bonds. The monoisotopic (exact) mass is 439 g/mol. The number of carbonyl (C=O) groups excluding carboxylic acids is 1. The van der Waals surface area contributed by atoms with Crippen LogP contribution in [-0.2, 0) is 31.6 Å². The van der Waals surface area contributed by atoms with Crippen LogP contribution in [0.15, 0.2) is 24.3 Å². The predicted octanol–water partition coefficient (Wildman–Crippen LogP) is 3.62. The van der Waals surface area contributed by atoms with Crippen LogP contribution in [0, 0.1) is 11.8 Å². The topological polar surface area (TPSA) is 70.8 Å². The van der Waals surface area contributed by atoms with Crippen molar-refractivity contribution in [2.75, 3.05) is 19.8 Å². The summed E-state index contributed by atoms with van der Waals surface area (Å²) < 4.78 is 55.4. The zero-order valence-electron chi connectivity index (χ0n) is 16.8. The Kier molecular flexibility index (Phi) is 9.88. The van der Waals surface area contributed by atoms with Crippen LogP contribution in [0.2, 0.25) is 0 Å². The van der Waals surface area contributed by atoms with Crippen LogP contribution in [-0.4, -0.2) is 44.0 Å². The molecule has 1 aliphatic rings. The van der Waals surface area contributed by atoms with Crippen LogP contribution in [0.3, 0.4) is 0 Å². The normalized spacial score (nSPS) is 26.1. The quantitative estimate of drug-likeness (QED) is 0.709. The molecule has 0 spiro atoms. The Hall–Kier alpha value is -1.35. The van der Waals surface area contributed by atoms with E-state index in [1.807, 2.05) is 13.8 Å². The molecule has 1 aliphatic heterocycles. The maximum atomic E-state index is 12.8. The van der Waals surface area contributed by atoms with Crippen molar-refractivity contribution in [1.29, 1.82) is 0 Å². The SMILES string of the molecule is CC(C)CO[C@@H]1[C@@H](Cc2ccc(C(F)(F)F)cc2)COC[C@H](N)C(=O)O[C@H]1C.Cl. The van der Waals surface area contributed by atoms with Gasteiger partial charge in [-0.3, -0.25) is 4.79 Å². The van der Waals surface area contributed by atoms with Gasteiger partial charge in [-0.25, -0.2) is 0 Å². The summed E-state index contributed by atoms with van der Waals surface area (Å²) in [6.45, 7) is 6.49. The van der Waals surface area contributed by atoms with Gasteiger partial charge in [0.2, 0.25) is 0 Å². The molecule has 4 atom stereocenters. The second-order valence-electron chi connectivity index (χ2n) is 7.64. The minimum absolute atomic E-state index is 0. The number of esters is 1.